The van der Waals surface area contributed by atoms with E-state index in [2.05, 4.69) is 22.4 Å². The molecule has 3 aromatic heterocycles. The molecule has 5 rings (SSSR count). The van der Waals surface area contributed by atoms with E-state index in [9.17, 15) is 0 Å². The van der Waals surface area contributed by atoms with Crippen LogP contribution in [-0.2, 0) is 6.54 Å². The number of anilines is 2. The fourth-order valence-corrected chi connectivity index (χ4v) is 3.56. The van der Waals surface area contributed by atoms with E-state index in [4.69, 9.17) is 14.8 Å². The van der Waals surface area contributed by atoms with Gasteiger partial charge in [-0.15, -0.1) is 0 Å². The van der Waals surface area contributed by atoms with Crippen LogP contribution in [0.4, 0.5) is 11.5 Å². The number of ether oxygens (including phenoxy) is 1. The molecule has 0 aliphatic carbocycles. The van der Waals surface area contributed by atoms with Crippen molar-refractivity contribution in [2.75, 3.05) is 12.4 Å². The summed E-state index contributed by atoms with van der Waals surface area (Å²) in [7, 11) is 1.67. The van der Waals surface area contributed by atoms with Crippen molar-refractivity contribution in [2.45, 2.75) is 6.54 Å². The van der Waals surface area contributed by atoms with Gasteiger partial charge in [-0.2, -0.15) is 5.10 Å². The number of rotatable bonds is 6. The summed E-state index contributed by atoms with van der Waals surface area (Å²) in [5, 5.41) is 9.25. The lowest BCUT2D eigenvalue weighted by Gasteiger charge is -2.06. The van der Waals surface area contributed by atoms with E-state index < -0.39 is 0 Å². The van der Waals surface area contributed by atoms with Gasteiger partial charge >= 0.3 is 0 Å². The highest BCUT2D eigenvalue weighted by Gasteiger charge is 2.14. The van der Waals surface area contributed by atoms with E-state index in [1.165, 1.54) is 0 Å². The minimum atomic E-state index is 0.587. The second-order valence-corrected chi connectivity index (χ2v) is 7.19. The zero-order valence-electron chi connectivity index (χ0n) is 17.1. The second-order valence-electron chi connectivity index (χ2n) is 7.19. The fourth-order valence-electron chi connectivity index (χ4n) is 3.56. The number of benzene rings is 2. The van der Waals surface area contributed by atoms with E-state index in [1.807, 2.05) is 77.7 Å². The monoisotopic (exact) mass is 407 g/mol. The van der Waals surface area contributed by atoms with Crippen molar-refractivity contribution in [3.05, 3.63) is 97.0 Å². The van der Waals surface area contributed by atoms with E-state index in [0.29, 0.717) is 6.54 Å². The zero-order valence-corrected chi connectivity index (χ0v) is 17.1. The lowest BCUT2D eigenvalue weighted by atomic mass is 10.1. The molecule has 5 aromatic rings. The normalized spacial score (nSPS) is 10.9. The highest BCUT2D eigenvalue weighted by molar-refractivity contribution is 5.92. The summed E-state index contributed by atoms with van der Waals surface area (Å²) in [6, 6.07) is 24.1. The quantitative estimate of drug-likeness (QED) is 0.414. The van der Waals surface area contributed by atoms with E-state index >= 15 is 0 Å². The molecule has 6 heteroatoms. The number of methoxy groups -OCH3 is 1. The Morgan fingerprint density at radius 1 is 0.903 bits per heavy atom. The minimum absolute atomic E-state index is 0.587. The van der Waals surface area contributed by atoms with Crippen molar-refractivity contribution in [2.24, 2.45) is 0 Å². The van der Waals surface area contributed by atoms with Gasteiger partial charge in [0.2, 0.25) is 0 Å². The van der Waals surface area contributed by atoms with Crippen LogP contribution in [0.1, 0.15) is 5.56 Å². The van der Waals surface area contributed by atoms with Crippen molar-refractivity contribution >= 4 is 22.5 Å². The van der Waals surface area contributed by atoms with Crippen LogP contribution in [0.15, 0.2) is 91.4 Å². The van der Waals surface area contributed by atoms with Gasteiger partial charge in [0, 0.05) is 35.4 Å². The number of hydrogen-bond donors (Lipinski definition) is 1. The Morgan fingerprint density at radius 2 is 1.81 bits per heavy atom. The summed E-state index contributed by atoms with van der Waals surface area (Å²) in [6.07, 6.45) is 5.48. The smallest absolute Gasteiger partial charge is 0.162 e. The van der Waals surface area contributed by atoms with Crippen LogP contribution < -0.4 is 10.1 Å². The molecule has 0 radical (unpaired) electrons. The van der Waals surface area contributed by atoms with Crippen molar-refractivity contribution < 1.29 is 4.74 Å². The molecule has 0 fully saturated rings. The Morgan fingerprint density at radius 3 is 2.61 bits per heavy atom. The molecule has 0 aliphatic rings. The molecule has 0 spiro atoms. The predicted octanol–water partition coefficient (Wildman–Crippen LogP) is 5.29. The molecule has 0 saturated carbocycles. The van der Waals surface area contributed by atoms with Gasteiger partial charge in [-0.1, -0.05) is 36.4 Å². The van der Waals surface area contributed by atoms with Gasteiger partial charge in [0.05, 0.1) is 19.0 Å². The summed E-state index contributed by atoms with van der Waals surface area (Å²) >= 11 is 0. The van der Waals surface area contributed by atoms with Crippen molar-refractivity contribution in [1.29, 1.82) is 0 Å². The average Bonchev–Trinajstić information content (AvgIpc) is 3.16. The van der Waals surface area contributed by atoms with Gasteiger partial charge < -0.3 is 10.1 Å². The Balaban J connectivity index is 1.60. The lowest BCUT2D eigenvalue weighted by molar-refractivity contribution is 0.414. The molecule has 0 amide bonds. The average molecular weight is 407 g/mol. The van der Waals surface area contributed by atoms with E-state index in [-0.39, 0.29) is 0 Å². The molecule has 0 aliphatic heterocycles. The molecule has 0 bridgehead atoms. The minimum Gasteiger partial charge on any atom is -0.497 e. The Bertz CT molecular complexity index is 1320. The van der Waals surface area contributed by atoms with Crippen LogP contribution in [0.5, 0.6) is 5.75 Å². The third-order valence-electron chi connectivity index (χ3n) is 5.08. The highest BCUT2D eigenvalue weighted by Crippen LogP contribution is 2.29. The van der Waals surface area contributed by atoms with Gasteiger partial charge in [-0.3, -0.25) is 4.98 Å². The predicted molar refractivity (Wildman–Crippen MR) is 123 cm³/mol. The summed E-state index contributed by atoms with van der Waals surface area (Å²) in [5.74, 6) is 1.59. The van der Waals surface area contributed by atoms with Crippen molar-refractivity contribution in [3.8, 4) is 16.9 Å². The third kappa shape index (κ3) is 3.96. The number of pyridine rings is 2. The molecule has 3 heterocycles. The number of aromatic nitrogens is 4. The SMILES string of the molecule is COc1cccc(Cn2nc(Nc3ccccc3)c3cc(-c4cccnc4)cnc32)c1. The molecule has 2 aromatic carbocycles. The number of nitrogens with zero attached hydrogens (tertiary/aromatic N) is 4. The summed E-state index contributed by atoms with van der Waals surface area (Å²) in [6.45, 7) is 0.587. The number of hydrogen-bond acceptors (Lipinski definition) is 5. The van der Waals surface area contributed by atoms with Gasteiger partial charge in [-0.05, 0) is 42.0 Å². The van der Waals surface area contributed by atoms with Gasteiger partial charge in [-0.25, -0.2) is 9.67 Å². The van der Waals surface area contributed by atoms with Crippen LogP contribution in [0.25, 0.3) is 22.2 Å². The van der Waals surface area contributed by atoms with Crippen LogP contribution in [0, 0.1) is 0 Å². The first-order chi connectivity index (χ1) is 15.3. The standard InChI is InChI=1S/C25H21N5O/c1-31-22-11-5-7-18(13-22)17-30-25-23(24(29-30)28-21-9-3-2-4-10-21)14-20(16-27-25)19-8-6-12-26-15-19/h2-16H,17H2,1H3,(H,28,29). The highest BCUT2D eigenvalue weighted by atomic mass is 16.5. The van der Waals surface area contributed by atoms with Crippen molar-refractivity contribution in [1.82, 2.24) is 19.7 Å². The summed E-state index contributed by atoms with van der Waals surface area (Å²) in [4.78, 5) is 8.99. The maximum atomic E-state index is 5.37. The number of para-hydroxylation sites is 1. The van der Waals surface area contributed by atoms with Crippen LogP contribution >= 0.6 is 0 Å². The van der Waals surface area contributed by atoms with E-state index in [0.717, 1.165) is 45.0 Å². The largest absolute Gasteiger partial charge is 0.497 e. The first kappa shape index (κ1) is 18.8. The van der Waals surface area contributed by atoms with E-state index in [1.54, 1.807) is 13.3 Å². The van der Waals surface area contributed by atoms with Gasteiger partial charge in [0.15, 0.2) is 11.5 Å². The molecule has 152 valence electrons. The number of nitrogens with one attached hydrogen (secondary N) is 1. The van der Waals surface area contributed by atoms with Crippen LogP contribution in [-0.4, -0.2) is 26.9 Å². The maximum Gasteiger partial charge on any atom is 0.162 e. The third-order valence-corrected chi connectivity index (χ3v) is 5.08. The van der Waals surface area contributed by atoms with Crippen LogP contribution in [0.3, 0.4) is 0 Å². The van der Waals surface area contributed by atoms with Crippen LogP contribution in [0.2, 0.25) is 0 Å². The Hall–Kier alpha value is -4.19. The second kappa shape index (κ2) is 8.28. The molecule has 0 saturated heterocycles. The summed E-state index contributed by atoms with van der Waals surface area (Å²) in [5.41, 5.74) is 4.89. The molecule has 0 unspecified atom stereocenters. The zero-order chi connectivity index (χ0) is 21.0. The first-order valence-electron chi connectivity index (χ1n) is 10.0. The molecular formula is C25H21N5O. The molecule has 6 nitrogen and oxygen atoms in total. The number of fused-ring (bicyclic) bond motifs is 1. The van der Waals surface area contributed by atoms with Gasteiger partial charge in [0.1, 0.15) is 5.75 Å². The lowest BCUT2D eigenvalue weighted by Crippen LogP contribution is -2.03. The maximum absolute atomic E-state index is 5.37. The molecular weight excluding hydrogens is 386 g/mol. The molecule has 0 atom stereocenters. The Kier molecular flexibility index (Phi) is 5.02. The van der Waals surface area contributed by atoms with Crippen molar-refractivity contribution in [3.63, 3.8) is 0 Å². The fraction of sp³-hybridized carbons (Fsp3) is 0.0800. The summed E-state index contributed by atoms with van der Waals surface area (Å²) < 4.78 is 7.28. The Labute approximate surface area is 180 Å². The van der Waals surface area contributed by atoms with Gasteiger partial charge in [0.25, 0.3) is 0 Å². The molecule has 31 heavy (non-hydrogen) atoms. The molecule has 1 N–H and O–H groups in total. The first-order valence-corrected chi connectivity index (χ1v) is 10.0. The topological polar surface area (TPSA) is 64.9 Å².